The normalized spacial score (nSPS) is 17.9. The van der Waals surface area contributed by atoms with Crippen molar-refractivity contribution in [1.29, 1.82) is 0 Å². The third-order valence-electron chi connectivity index (χ3n) is 4.44. The van der Waals surface area contributed by atoms with Gasteiger partial charge in [0.25, 0.3) is 15.9 Å². The number of nitrogens with one attached hydrogen (secondary N) is 1. The van der Waals surface area contributed by atoms with Gasteiger partial charge in [-0.05, 0) is 37.3 Å². The zero-order chi connectivity index (χ0) is 19.9. The Morgan fingerprint density at radius 2 is 2.21 bits per heavy atom. The van der Waals surface area contributed by atoms with Crippen molar-refractivity contribution >= 4 is 33.3 Å². The highest BCUT2D eigenvalue weighted by atomic mass is 32.2. The van der Waals surface area contributed by atoms with Crippen LogP contribution in [0.25, 0.3) is 11.6 Å². The number of amides is 1. The molecule has 0 saturated carbocycles. The quantitative estimate of drug-likeness (QED) is 0.663. The van der Waals surface area contributed by atoms with E-state index in [-0.39, 0.29) is 16.1 Å². The lowest BCUT2D eigenvalue weighted by molar-refractivity contribution is -0.119. The van der Waals surface area contributed by atoms with Crippen LogP contribution in [-0.2, 0) is 21.9 Å². The summed E-state index contributed by atoms with van der Waals surface area (Å²) in [5.74, 6) is -0.276. The molecule has 1 atom stereocenters. The molecule has 1 aliphatic heterocycles. The van der Waals surface area contributed by atoms with Crippen molar-refractivity contribution in [2.75, 3.05) is 11.9 Å². The number of nitrogens with zero attached hydrogens (tertiary/aromatic N) is 5. The minimum Gasteiger partial charge on any atom is -0.401 e. The molecule has 3 aromatic rings. The molecule has 148 valence electrons. The Labute approximate surface area is 165 Å². The van der Waals surface area contributed by atoms with Gasteiger partial charge in [-0.1, -0.05) is 11.2 Å². The molecule has 4 heterocycles. The van der Waals surface area contributed by atoms with Gasteiger partial charge in [-0.3, -0.25) is 14.8 Å². The molecule has 1 saturated heterocycles. The minimum atomic E-state index is -3.71. The Balaban J connectivity index is 1.51. The van der Waals surface area contributed by atoms with Crippen LogP contribution in [0.1, 0.15) is 18.5 Å². The Morgan fingerprint density at radius 1 is 1.39 bits per heavy atom. The van der Waals surface area contributed by atoms with Crippen molar-refractivity contribution < 1.29 is 17.6 Å². The molecule has 1 aliphatic rings. The Bertz CT molecular complexity index is 1100. The number of rotatable bonds is 5. The number of hydrogen-bond donors (Lipinski definition) is 1. The molecule has 0 spiro atoms. The molecule has 1 fully saturated rings. The lowest BCUT2D eigenvalue weighted by Gasteiger charge is -2.21. The number of sulfonamides is 1. The number of hydrogen-bond acceptors (Lipinski definition) is 8. The van der Waals surface area contributed by atoms with Crippen LogP contribution in [-0.4, -0.2) is 51.2 Å². The van der Waals surface area contributed by atoms with Crippen molar-refractivity contribution in [3.05, 3.63) is 29.3 Å². The van der Waals surface area contributed by atoms with E-state index in [0.717, 1.165) is 17.0 Å². The van der Waals surface area contributed by atoms with E-state index in [0.29, 0.717) is 25.1 Å². The maximum Gasteiger partial charge on any atom is 0.322 e. The molecule has 12 heteroatoms. The van der Waals surface area contributed by atoms with E-state index < -0.39 is 22.0 Å². The minimum absolute atomic E-state index is 0.0841. The molecular weight excluding hydrogens is 404 g/mol. The standard InChI is InChI=1S/C16H18N6O4S2/c1-10-9-12(21(2)20-10)15-18-19-16(26-15)17-14(23)11-5-3-7-22(11)28(24,25)13-6-4-8-27-13/h4,6,8-9,11H,3,5,7H2,1-2H3,(H,17,19,23)/t11-/m1/s1. The number of carbonyl (C=O) groups is 1. The molecule has 4 rings (SSSR count). The fourth-order valence-electron chi connectivity index (χ4n) is 3.19. The summed E-state index contributed by atoms with van der Waals surface area (Å²) < 4.78 is 34.1. The van der Waals surface area contributed by atoms with Crippen LogP contribution in [0.4, 0.5) is 6.01 Å². The van der Waals surface area contributed by atoms with Crippen molar-refractivity contribution in [2.24, 2.45) is 7.05 Å². The van der Waals surface area contributed by atoms with Gasteiger partial charge < -0.3 is 4.42 Å². The summed E-state index contributed by atoms with van der Waals surface area (Å²) in [5.41, 5.74) is 1.41. The van der Waals surface area contributed by atoms with Crippen molar-refractivity contribution in [3.8, 4) is 11.6 Å². The average Bonchev–Trinajstić information content (AvgIpc) is 3.42. The topological polar surface area (TPSA) is 123 Å². The SMILES string of the molecule is Cc1cc(-c2nnc(NC(=O)[C@H]3CCCN3S(=O)(=O)c3cccs3)o2)n(C)n1. The van der Waals surface area contributed by atoms with Gasteiger partial charge in [0.15, 0.2) is 0 Å². The van der Waals surface area contributed by atoms with Gasteiger partial charge in [0, 0.05) is 13.6 Å². The molecule has 0 bridgehead atoms. The number of thiophene rings is 1. The Kier molecular flexibility index (Phi) is 4.77. The summed E-state index contributed by atoms with van der Waals surface area (Å²) in [5, 5.41) is 16.2. The van der Waals surface area contributed by atoms with Gasteiger partial charge >= 0.3 is 6.01 Å². The second-order valence-corrected chi connectivity index (χ2v) is 9.47. The van der Waals surface area contributed by atoms with Gasteiger partial charge in [-0.25, -0.2) is 8.42 Å². The van der Waals surface area contributed by atoms with Gasteiger partial charge in [0.1, 0.15) is 15.9 Å². The molecule has 10 nitrogen and oxygen atoms in total. The number of aromatic nitrogens is 4. The predicted molar refractivity (Wildman–Crippen MR) is 101 cm³/mol. The molecule has 28 heavy (non-hydrogen) atoms. The van der Waals surface area contributed by atoms with Crippen LogP contribution in [0.2, 0.25) is 0 Å². The third-order valence-corrected chi connectivity index (χ3v) is 7.72. The number of aryl methyl sites for hydroxylation is 2. The maximum absolute atomic E-state index is 12.8. The Hall–Kier alpha value is -2.57. The summed E-state index contributed by atoms with van der Waals surface area (Å²) in [6.07, 6.45) is 1.03. The highest BCUT2D eigenvalue weighted by molar-refractivity contribution is 7.91. The predicted octanol–water partition coefficient (Wildman–Crippen LogP) is 1.63. The van der Waals surface area contributed by atoms with Crippen LogP contribution >= 0.6 is 11.3 Å². The summed E-state index contributed by atoms with van der Waals surface area (Å²) in [6, 6.07) is 4.09. The lowest BCUT2D eigenvalue weighted by atomic mass is 10.2. The fourth-order valence-corrected chi connectivity index (χ4v) is 5.97. The van der Waals surface area contributed by atoms with Crippen molar-refractivity contribution in [1.82, 2.24) is 24.3 Å². The molecule has 0 aliphatic carbocycles. The first kappa shape index (κ1) is 18.8. The van der Waals surface area contributed by atoms with Crippen molar-refractivity contribution in [2.45, 2.75) is 30.0 Å². The van der Waals surface area contributed by atoms with E-state index in [4.69, 9.17) is 4.42 Å². The van der Waals surface area contributed by atoms with E-state index >= 15 is 0 Å². The van der Waals surface area contributed by atoms with Gasteiger partial charge in [-0.15, -0.1) is 16.4 Å². The van der Waals surface area contributed by atoms with E-state index in [1.165, 1.54) is 10.4 Å². The number of carbonyl (C=O) groups excluding carboxylic acids is 1. The summed E-state index contributed by atoms with van der Waals surface area (Å²) >= 11 is 1.13. The monoisotopic (exact) mass is 422 g/mol. The van der Waals surface area contributed by atoms with Gasteiger partial charge in [-0.2, -0.15) is 9.40 Å². The first-order chi connectivity index (χ1) is 13.4. The van der Waals surface area contributed by atoms with Gasteiger partial charge in [0.05, 0.1) is 5.69 Å². The zero-order valence-electron chi connectivity index (χ0n) is 15.2. The molecule has 1 amide bonds. The second kappa shape index (κ2) is 7.11. The van der Waals surface area contributed by atoms with Gasteiger partial charge in [0.2, 0.25) is 5.91 Å². The number of anilines is 1. The van der Waals surface area contributed by atoms with Crippen LogP contribution in [0.5, 0.6) is 0 Å². The summed E-state index contributed by atoms with van der Waals surface area (Å²) in [6.45, 7) is 2.13. The first-order valence-electron chi connectivity index (χ1n) is 8.57. The van der Waals surface area contributed by atoms with E-state index in [2.05, 4.69) is 20.6 Å². The first-order valence-corrected chi connectivity index (χ1v) is 10.9. The lowest BCUT2D eigenvalue weighted by Crippen LogP contribution is -2.42. The fraction of sp³-hybridized carbons (Fsp3) is 0.375. The maximum atomic E-state index is 12.8. The third kappa shape index (κ3) is 3.34. The molecule has 1 N–H and O–H groups in total. The van der Waals surface area contributed by atoms with Crippen LogP contribution in [0.3, 0.4) is 0 Å². The smallest absolute Gasteiger partial charge is 0.322 e. The van der Waals surface area contributed by atoms with Crippen molar-refractivity contribution in [3.63, 3.8) is 0 Å². The van der Waals surface area contributed by atoms with Crippen LogP contribution in [0.15, 0.2) is 32.2 Å². The molecular formula is C16H18N6O4S2. The van der Waals surface area contributed by atoms with E-state index in [1.807, 2.05) is 6.92 Å². The molecule has 0 radical (unpaired) electrons. The zero-order valence-corrected chi connectivity index (χ0v) is 16.8. The summed E-state index contributed by atoms with van der Waals surface area (Å²) in [7, 11) is -1.96. The second-order valence-electron chi connectivity index (χ2n) is 6.40. The largest absolute Gasteiger partial charge is 0.401 e. The molecule has 3 aromatic heterocycles. The van der Waals surface area contributed by atoms with E-state index in [1.54, 1.807) is 29.2 Å². The highest BCUT2D eigenvalue weighted by Crippen LogP contribution is 2.29. The van der Waals surface area contributed by atoms with Crippen LogP contribution in [0, 0.1) is 6.92 Å². The average molecular weight is 422 g/mol. The van der Waals surface area contributed by atoms with Crippen LogP contribution < -0.4 is 5.32 Å². The van der Waals surface area contributed by atoms with E-state index in [9.17, 15) is 13.2 Å². The summed E-state index contributed by atoms with van der Waals surface area (Å²) in [4.78, 5) is 12.7. The highest BCUT2D eigenvalue weighted by Gasteiger charge is 2.40. The molecule has 0 aromatic carbocycles. The molecule has 0 unspecified atom stereocenters. The Morgan fingerprint density at radius 3 is 2.89 bits per heavy atom.